The van der Waals surface area contributed by atoms with Crippen LogP contribution in [0.3, 0.4) is 0 Å². The number of benzene rings is 2. The number of nitrogens with one attached hydrogen (secondary N) is 4. The largest absolute Gasteiger partial charge is 0.471 e. The lowest BCUT2D eigenvalue weighted by Gasteiger charge is -2.39. The number of ether oxygens (including phenoxy) is 3. The van der Waals surface area contributed by atoms with Crippen molar-refractivity contribution in [2.24, 2.45) is 11.8 Å². The predicted octanol–water partition coefficient (Wildman–Crippen LogP) is 6.11. The summed E-state index contributed by atoms with van der Waals surface area (Å²) in [5.41, 5.74) is 0.448. The van der Waals surface area contributed by atoms with Crippen LogP contribution in [-0.2, 0) is 54.0 Å². The third kappa shape index (κ3) is 21.8. The monoisotopic (exact) mass is 987 g/mol. The van der Waals surface area contributed by atoms with Gasteiger partial charge in [-0.25, -0.2) is 13.2 Å². The summed E-state index contributed by atoms with van der Waals surface area (Å²) in [6.07, 6.45) is -4.52. The molecule has 17 nitrogen and oxygen atoms in total. The fourth-order valence-electron chi connectivity index (χ4n) is 7.13. The molecule has 0 bridgehead atoms. The van der Waals surface area contributed by atoms with Gasteiger partial charge in [-0.2, -0.15) is 13.2 Å². The molecule has 1 aliphatic rings. The molecular weight excluding hydrogens is 914 g/mol. The van der Waals surface area contributed by atoms with Crippen molar-refractivity contribution in [2.75, 3.05) is 46.2 Å². The van der Waals surface area contributed by atoms with Crippen LogP contribution < -0.4 is 20.7 Å². The van der Waals surface area contributed by atoms with Crippen LogP contribution in [0.4, 0.5) is 23.7 Å². The van der Waals surface area contributed by atoms with E-state index >= 15 is 0 Å². The van der Waals surface area contributed by atoms with Gasteiger partial charge in [-0.3, -0.25) is 28.7 Å². The van der Waals surface area contributed by atoms with E-state index in [0.717, 1.165) is 24.3 Å². The lowest BCUT2D eigenvalue weighted by Crippen LogP contribution is -2.54. The Morgan fingerprint density at radius 2 is 1.47 bits per heavy atom. The van der Waals surface area contributed by atoms with E-state index in [0.29, 0.717) is 25.8 Å². The molecule has 68 heavy (non-hydrogen) atoms. The van der Waals surface area contributed by atoms with Crippen LogP contribution in [0.1, 0.15) is 98.6 Å². The van der Waals surface area contributed by atoms with E-state index in [1.54, 1.807) is 45.0 Å². The molecule has 384 valence electrons. The molecule has 2 aromatic rings. The number of aryl methyl sites for hydroxylation is 1. The number of sulfonamides is 1. The van der Waals surface area contributed by atoms with Crippen LogP contribution in [0.2, 0.25) is 0 Å². The topological polar surface area (TPSA) is 219 Å². The van der Waals surface area contributed by atoms with Crippen molar-refractivity contribution < 1.29 is 64.6 Å². The summed E-state index contributed by atoms with van der Waals surface area (Å²) >= 11 is 0. The number of carbonyl (C=O) groups excluding carboxylic acids is 6. The fraction of sp³-hybridized carbons (Fsp3) is 0.617. The Hall–Kier alpha value is -5.28. The second-order valence-corrected chi connectivity index (χ2v) is 19.2. The van der Waals surface area contributed by atoms with Gasteiger partial charge in [-0.15, -0.1) is 0 Å². The highest BCUT2D eigenvalue weighted by Gasteiger charge is 2.42. The lowest BCUT2D eigenvalue weighted by molar-refractivity contribution is -0.167. The standard InChI is InChI=1S/C37H57F3N6O11S.C7H8.C3H8/c1-10-22(2)31(45(7)30(49)20-42-35(52)57-36(4,5)6)27(55-8)18-29(48)46-17-11-12-26(46)32(56-9)23(3)33(50)41-19-28(47)44-58(53,54)21-24-13-15-25(16-14-24)43-34(51)37(38,39)40;1-7-5-3-2-4-6-7;1-3-2/h13-16,22-23,26-27,31-32H,10-12,17-21H2,1-9H3,(H,41,50)(H,42,52)(H,43,51)(H,44,47);2-6H,1H3;3H2,1-2H3. The van der Waals surface area contributed by atoms with E-state index in [-0.39, 0.29) is 36.0 Å². The normalized spacial score (nSPS) is 15.9. The van der Waals surface area contributed by atoms with Gasteiger partial charge in [-0.05, 0) is 64.2 Å². The van der Waals surface area contributed by atoms with Gasteiger partial charge in [0.05, 0.1) is 48.9 Å². The molecule has 0 radical (unpaired) electrons. The molecule has 3 rings (SSSR count). The Morgan fingerprint density at radius 3 is 1.96 bits per heavy atom. The van der Waals surface area contributed by atoms with E-state index in [2.05, 4.69) is 43.5 Å². The zero-order chi connectivity index (χ0) is 52.0. The first-order chi connectivity index (χ1) is 31.6. The third-order valence-corrected chi connectivity index (χ3v) is 11.8. The molecule has 0 spiro atoms. The summed E-state index contributed by atoms with van der Waals surface area (Å²) in [6.45, 7) is 16.2. The minimum absolute atomic E-state index is 0.0990. The molecule has 0 aromatic heterocycles. The zero-order valence-electron chi connectivity index (χ0n) is 41.5. The average Bonchev–Trinajstić information content (AvgIpc) is 3.74. The minimum Gasteiger partial charge on any atom is -0.444 e. The summed E-state index contributed by atoms with van der Waals surface area (Å²) in [5.74, 6) is -6.36. The van der Waals surface area contributed by atoms with E-state index in [1.165, 1.54) is 31.1 Å². The third-order valence-electron chi connectivity index (χ3n) is 10.5. The maximum absolute atomic E-state index is 13.9. The van der Waals surface area contributed by atoms with Crippen LogP contribution in [0, 0.1) is 18.8 Å². The summed E-state index contributed by atoms with van der Waals surface area (Å²) in [5, 5.41) is 6.49. The van der Waals surface area contributed by atoms with Gasteiger partial charge in [0.15, 0.2) is 0 Å². The number of rotatable bonds is 19. The number of amides is 6. The quantitative estimate of drug-likeness (QED) is 0.126. The predicted molar refractivity (Wildman–Crippen MR) is 252 cm³/mol. The summed E-state index contributed by atoms with van der Waals surface area (Å²) in [6, 6.07) is 13.6. The second-order valence-electron chi connectivity index (χ2n) is 17.5. The number of likely N-dealkylation sites (N-methyl/N-ethyl adjacent to an activating group) is 1. The number of methoxy groups -OCH3 is 2. The molecule has 1 heterocycles. The summed E-state index contributed by atoms with van der Waals surface area (Å²) < 4.78 is 81.2. The number of alkyl halides is 3. The second kappa shape index (κ2) is 28.9. The van der Waals surface area contributed by atoms with Gasteiger partial charge in [0.2, 0.25) is 27.7 Å². The molecule has 0 saturated carbocycles. The maximum atomic E-state index is 13.9. The van der Waals surface area contributed by atoms with Crippen molar-refractivity contribution in [3.05, 3.63) is 65.7 Å². The van der Waals surface area contributed by atoms with Gasteiger partial charge in [0.1, 0.15) is 12.1 Å². The number of hydrogen-bond donors (Lipinski definition) is 4. The average molecular weight is 987 g/mol. The fourth-order valence-corrected chi connectivity index (χ4v) is 8.25. The van der Waals surface area contributed by atoms with E-state index in [4.69, 9.17) is 14.2 Å². The first kappa shape index (κ1) is 60.7. The van der Waals surface area contributed by atoms with Crippen LogP contribution in [0.5, 0.6) is 0 Å². The van der Waals surface area contributed by atoms with Crippen molar-refractivity contribution in [1.82, 2.24) is 25.2 Å². The number of likely N-dealkylation sites (tertiary alicyclic amines) is 1. The van der Waals surface area contributed by atoms with E-state index in [9.17, 15) is 50.4 Å². The highest BCUT2D eigenvalue weighted by molar-refractivity contribution is 7.89. The maximum Gasteiger partial charge on any atom is 0.471 e. The van der Waals surface area contributed by atoms with Crippen LogP contribution in [-0.4, -0.2) is 131 Å². The molecule has 6 unspecified atom stereocenters. The van der Waals surface area contributed by atoms with Gasteiger partial charge in [0, 0.05) is 33.5 Å². The van der Waals surface area contributed by atoms with Gasteiger partial charge in [0.25, 0.3) is 5.91 Å². The number of anilines is 1. The van der Waals surface area contributed by atoms with Crippen LogP contribution in [0.15, 0.2) is 54.6 Å². The number of halogens is 3. The van der Waals surface area contributed by atoms with Crippen molar-refractivity contribution in [1.29, 1.82) is 0 Å². The Bertz CT molecular complexity index is 2020. The van der Waals surface area contributed by atoms with E-state index in [1.807, 2.05) is 36.8 Å². The van der Waals surface area contributed by atoms with Gasteiger partial charge in [-0.1, -0.05) is 95.5 Å². The molecule has 21 heteroatoms. The highest BCUT2D eigenvalue weighted by Crippen LogP contribution is 2.29. The SMILES string of the molecule is CCC.CCC(C)C(C(CC(=O)N1CCCC1C(OC)C(C)C(=O)NCC(=O)NS(=O)(=O)Cc1ccc(NC(=O)C(F)(F)F)cc1)OC)N(C)C(=O)CNC(=O)OC(C)(C)C.Cc1ccccc1. The summed E-state index contributed by atoms with van der Waals surface area (Å²) in [4.78, 5) is 79.2. The number of nitrogens with zero attached hydrogens (tertiary/aromatic N) is 2. The Labute approximate surface area is 400 Å². The molecule has 1 fully saturated rings. The molecule has 1 saturated heterocycles. The molecule has 1 aliphatic heterocycles. The zero-order valence-corrected chi connectivity index (χ0v) is 42.3. The van der Waals surface area contributed by atoms with Crippen molar-refractivity contribution in [3.8, 4) is 0 Å². The van der Waals surface area contributed by atoms with E-state index < -0.39 is 94.0 Å². The molecular formula is C47H73F3N6O11S. The van der Waals surface area contributed by atoms with Crippen LogP contribution in [0.25, 0.3) is 0 Å². The summed E-state index contributed by atoms with van der Waals surface area (Å²) in [7, 11) is 0.109. The Balaban J connectivity index is 0.00000206. The lowest BCUT2D eigenvalue weighted by atomic mass is 9.90. The van der Waals surface area contributed by atoms with Gasteiger partial charge < -0.3 is 40.0 Å². The first-order valence-electron chi connectivity index (χ1n) is 22.5. The van der Waals surface area contributed by atoms with Crippen molar-refractivity contribution in [3.63, 3.8) is 0 Å². The molecule has 4 N–H and O–H groups in total. The number of alkyl carbamates (subject to hydrolysis) is 1. The Kier molecular flexibility index (Phi) is 25.8. The number of hydrogen-bond acceptors (Lipinski definition) is 11. The van der Waals surface area contributed by atoms with Crippen molar-refractivity contribution >= 4 is 51.3 Å². The Morgan fingerprint density at radius 1 is 0.882 bits per heavy atom. The van der Waals surface area contributed by atoms with Crippen LogP contribution >= 0.6 is 0 Å². The molecule has 0 aliphatic carbocycles. The highest BCUT2D eigenvalue weighted by atomic mass is 32.2. The molecule has 6 amide bonds. The smallest absolute Gasteiger partial charge is 0.444 e. The van der Waals surface area contributed by atoms with Crippen molar-refractivity contribution in [2.45, 2.75) is 136 Å². The minimum atomic E-state index is -5.11. The first-order valence-corrected chi connectivity index (χ1v) is 24.2. The van der Waals surface area contributed by atoms with Gasteiger partial charge >= 0.3 is 18.2 Å². The molecule has 6 atom stereocenters. The number of carbonyl (C=O) groups is 6. The molecule has 2 aromatic carbocycles.